The van der Waals surface area contributed by atoms with E-state index in [9.17, 15) is 9.59 Å². The number of H-pyrrole nitrogens is 2. The number of benzene rings is 3. The summed E-state index contributed by atoms with van der Waals surface area (Å²) in [6.07, 6.45) is 0.544. The summed E-state index contributed by atoms with van der Waals surface area (Å²) >= 11 is 0. The Balaban J connectivity index is 1.58. The summed E-state index contributed by atoms with van der Waals surface area (Å²) < 4.78 is 0. The van der Waals surface area contributed by atoms with Gasteiger partial charge < -0.3 is 4.98 Å². The molecule has 0 aliphatic rings. The van der Waals surface area contributed by atoms with E-state index in [0.29, 0.717) is 28.5 Å². The molecule has 6 heteroatoms. The maximum Gasteiger partial charge on any atom is 0.272 e. The third-order valence-corrected chi connectivity index (χ3v) is 5.29. The number of hydrogen-bond donors (Lipinski definition) is 2. The second kappa shape index (κ2) is 7.08. The Hall–Kier alpha value is -4.06. The van der Waals surface area contributed by atoms with Crippen molar-refractivity contribution in [3.05, 3.63) is 104 Å². The van der Waals surface area contributed by atoms with Crippen LogP contribution in [-0.4, -0.2) is 20.2 Å². The number of nitrogens with one attached hydrogen (secondary N) is 2. The van der Waals surface area contributed by atoms with E-state index in [1.54, 1.807) is 6.07 Å². The lowest BCUT2D eigenvalue weighted by Gasteiger charge is -2.08. The Morgan fingerprint density at radius 2 is 1.67 bits per heavy atom. The fourth-order valence-corrected chi connectivity index (χ4v) is 3.82. The van der Waals surface area contributed by atoms with Crippen molar-refractivity contribution in [2.24, 2.45) is 0 Å². The van der Waals surface area contributed by atoms with Gasteiger partial charge in [-0.3, -0.25) is 9.59 Å². The van der Waals surface area contributed by atoms with Crippen molar-refractivity contribution in [1.29, 1.82) is 0 Å². The van der Waals surface area contributed by atoms with Gasteiger partial charge in [-0.1, -0.05) is 48.5 Å². The zero-order valence-electron chi connectivity index (χ0n) is 16.3. The molecular weight excluding hydrogens is 376 g/mol. The molecular formula is C24H18N4O2. The first-order chi connectivity index (χ1) is 14.6. The van der Waals surface area contributed by atoms with Gasteiger partial charge in [0.2, 0.25) is 0 Å². The Kier molecular flexibility index (Phi) is 4.25. The number of hydrogen-bond acceptors (Lipinski definition) is 4. The quantitative estimate of drug-likeness (QED) is 0.488. The largest absolute Gasteiger partial charge is 0.306 e. The van der Waals surface area contributed by atoms with Crippen molar-refractivity contribution in [2.75, 3.05) is 0 Å². The number of aryl methyl sites for hydroxylation is 1. The van der Waals surface area contributed by atoms with Crippen LogP contribution in [0.2, 0.25) is 0 Å². The van der Waals surface area contributed by atoms with Crippen LogP contribution >= 0.6 is 0 Å². The average molecular weight is 394 g/mol. The molecule has 5 aromatic rings. The molecule has 0 fully saturated rings. The molecule has 0 aliphatic heterocycles. The monoisotopic (exact) mass is 394 g/mol. The maximum absolute atomic E-state index is 12.6. The van der Waals surface area contributed by atoms with Crippen molar-refractivity contribution in [3.8, 4) is 11.4 Å². The molecule has 0 unspecified atom stereocenters. The number of rotatable bonds is 3. The van der Waals surface area contributed by atoms with Gasteiger partial charge in [0.15, 0.2) is 0 Å². The van der Waals surface area contributed by atoms with E-state index >= 15 is 0 Å². The summed E-state index contributed by atoms with van der Waals surface area (Å²) in [6.45, 7) is 1.90. The van der Waals surface area contributed by atoms with Crippen LogP contribution in [0.15, 0.2) is 76.3 Å². The zero-order valence-corrected chi connectivity index (χ0v) is 16.3. The van der Waals surface area contributed by atoms with E-state index in [-0.39, 0.29) is 11.1 Å². The van der Waals surface area contributed by atoms with Gasteiger partial charge >= 0.3 is 0 Å². The minimum absolute atomic E-state index is 0.146. The minimum atomic E-state index is -0.198. The van der Waals surface area contributed by atoms with Crippen molar-refractivity contribution >= 4 is 21.7 Å². The highest BCUT2D eigenvalue weighted by Crippen LogP contribution is 2.22. The molecule has 146 valence electrons. The van der Waals surface area contributed by atoms with Gasteiger partial charge in [0.1, 0.15) is 5.82 Å². The number of aromatic nitrogens is 4. The second-order valence-electron chi connectivity index (χ2n) is 7.31. The van der Waals surface area contributed by atoms with Gasteiger partial charge in [-0.2, -0.15) is 5.10 Å². The third kappa shape index (κ3) is 3.08. The predicted molar refractivity (Wildman–Crippen MR) is 118 cm³/mol. The fourth-order valence-electron chi connectivity index (χ4n) is 3.82. The van der Waals surface area contributed by atoms with E-state index in [0.717, 1.165) is 27.8 Å². The Morgan fingerprint density at radius 1 is 0.867 bits per heavy atom. The molecule has 0 saturated carbocycles. The van der Waals surface area contributed by atoms with E-state index in [1.165, 1.54) is 0 Å². The molecule has 0 saturated heterocycles. The van der Waals surface area contributed by atoms with Crippen molar-refractivity contribution in [3.63, 3.8) is 0 Å². The third-order valence-electron chi connectivity index (χ3n) is 5.29. The van der Waals surface area contributed by atoms with Gasteiger partial charge in [-0.15, -0.1) is 0 Å². The second-order valence-corrected chi connectivity index (χ2v) is 7.31. The van der Waals surface area contributed by atoms with Crippen LogP contribution in [0.5, 0.6) is 0 Å². The first-order valence-electron chi connectivity index (χ1n) is 9.65. The number of nitrogens with zero attached hydrogens (tertiary/aromatic N) is 2. The molecule has 0 aliphatic carbocycles. The summed E-state index contributed by atoms with van der Waals surface area (Å²) in [4.78, 5) is 32.2. The fraction of sp³-hybridized carbons (Fsp3) is 0.0833. The molecule has 0 atom stereocenters. The lowest BCUT2D eigenvalue weighted by atomic mass is 10.0. The van der Waals surface area contributed by atoms with Gasteiger partial charge in [-0.25, -0.2) is 10.1 Å². The molecule has 3 aromatic carbocycles. The predicted octanol–water partition coefficient (Wildman–Crippen LogP) is 3.73. The number of aromatic amines is 2. The standard InChI is InChI=1S/C24H18N4O2/c1-14-6-4-11-19-21(14)24(30)26-22(25-19)16-8-5-7-15(12-16)13-20-17-9-2-3-10-18(17)23(29)28-27-20/h2-12H,13H2,1H3,(H,28,29)(H,25,26,30). The molecule has 5 rings (SSSR count). The van der Waals surface area contributed by atoms with Gasteiger partial charge in [-0.05, 0) is 36.2 Å². The normalized spacial score (nSPS) is 11.2. The van der Waals surface area contributed by atoms with Crippen LogP contribution in [0.4, 0.5) is 0 Å². The topological polar surface area (TPSA) is 91.5 Å². The van der Waals surface area contributed by atoms with Crippen molar-refractivity contribution in [2.45, 2.75) is 13.3 Å². The molecule has 0 amide bonds. The molecule has 0 bridgehead atoms. The van der Waals surface area contributed by atoms with E-state index in [4.69, 9.17) is 0 Å². The van der Waals surface area contributed by atoms with Crippen LogP contribution in [0, 0.1) is 6.92 Å². The zero-order chi connectivity index (χ0) is 20.7. The highest BCUT2D eigenvalue weighted by atomic mass is 16.1. The molecule has 0 spiro atoms. The lowest BCUT2D eigenvalue weighted by molar-refractivity contribution is 0.934. The van der Waals surface area contributed by atoms with Crippen LogP contribution in [-0.2, 0) is 6.42 Å². The molecule has 2 heterocycles. The molecule has 6 nitrogen and oxygen atoms in total. The Morgan fingerprint density at radius 3 is 2.53 bits per heavy atom. The lowest BCUT2D eigenvalue weighted by Crippen LogP contribution is -2.11. The highest BCUT2D eigenvalue weighted by Gasteiger charge is 2.10. The van der Waals surface area contributed by atoms with Crippen LogP contribution in [0.1, 0.15) is 16.8 Å². The molecule has 30 heavy (non-hydrogen) atoms. The highest BCUT2D eigenvalue weighted by molar-refractivity contribution is 5.84. The van der Waals surface area contributed by atoms with Gasteiger partial charge in [0, 0.05) is 17.4 Å². The SMILES string of the molecule is Cc1cccc2nc(-c3cccc(Cc4n[nH]c(=O)c5ccccc45)c3)[nH]c(=O)c12. The summed E-state index contributed by atoms with van der Waals surface area (Å²) in [5, 5.41) is 8.90. The van der Waals surface area contributed by atoms with E-state index in [2.05, 4.69) is 20.2 Å². The summed E-state index contributed by atoms with van der Waals surface area (Å²) in [7, 11) is 0. The summed E-state index contributed by atoms with van der Waals surface area (Å²) in [6, 6.07) is 20.9. The van der Waals surface area contributed by atoms with Crippen molar-refractivity contribution < 1.29 is 0 Å². The van der Waals surface area contributed by atoms with Crippen LogP contribution < -0.4 is 11.1 Å². The average Bonchev–Trinajstić information content (AvgIpc) is 2.76. The molecule has 0 radical (unpaired) electrons. The van der Waals surface area contributed by atoms with Crippen molar-refractivity contribution in [1.82, 2.24) is 20.2 Å². The van der Waals surface area contributed by atoms with E-state index in [1.807, 2.05) is 67.6 Å². The Bertz CT molecular complexity index is 1530. The summed E-state index contributed by atoms with van der Waals surface area (Å²) in [5.74, 6) is 0.527. The smallest absolute Gasteiger partial charge is 0.272 e. The van der Waals surface area contributed by atoms with Gasteiger partial charge in [0.25, 0.3) is 11.1 Å². The number of fused-ring (bicyclic) bond motifs is 2. The molecule has 2 N–H and O–H groups in total. The maximum atomic E-state index is 12.6. The van der Waals surface area contributed by atoms with Crippen LogP contribution in [0.25, 0.3) is 33.1 Å². The van der Waals surface area contributed by atoms with Crippen LogP contribution in [0.3, 0.4) is 0 Å². The van der Waals surface area contributed by atoms with Gasteiger partial charge in [0.05, 0.1) is 22.0 Å². The first kappa shape index (κ1) is 18.0. The minimum Gasteiger partial charge on any atom is -0.306 e. The Labute approximate surface area is 171 Å². The first-order valence-corrected chi connectivity index (χ1v) is 9.65. The van der Waals surface area contributed by atoms with E-state index < -0.39 is 0 Å². The summed E-state index contributed by atoms with van der Waals surface area (Å²) in [5.41, 5.74) is 3.84. The molecule has 2 aromatic heterocycles.